The predicted molar refractivity (Wildman–Crippen MR) is 75.8 cm³/mol. The van der Waals surface area contributed by atoms with Crippen LogP contribution in [0.3, 0.4) is 0 Å². The van der Waals surface area contributed by atoms with Gasteiger partial charge in [-0.25, -0.2) is 0 Å². The van der Waals surface area contributed by atoms with Crippen LogP contribution in [0.2, 0.25) is 0 Å². The largest absolute Gasteiger partial charge is 0.103 e. The van der Waals surface area contributed by atoms with Gasteiger partial charge in [0, 0.05) is 0 Å². The van der Waals surface area contributed by atoms with Gasteiger partial charge < -0.3 is 0 Å². The highest BCUT2D eigenvalue weighted by Crippen LogP contribution is 2.22. The normalized spacial score (nSPS) is 13.0. The van der Waals surface area contributed by atoms with Gasteiger partial charge in [0.1, 0.15) is 0 Å². The maximum absolute atomic E-state index is 3.86. The standard InChI is InChI=1S/C16H32/c1-5-7-8-9-10-11-12-14-16(13-6-2)15(3)4/h6,15-16H,2,5,7-14H2,1,3-4H3. The first-order chi connectivity index (χ1) is 7.72. The summed E-state index contributed by atoms with van der Waals surface area (Å²) in [5.74, 6) is 1.69. The SMILES string of the molecule is C=CCC(CCCCCCCCC)C(C)C. The Morgan fingerprint density at radius 3 is 2.00 bits per heavy atom. The molecule has 0 saturated heterocycles. The van der Waals surface area contributed by atoms with Crippen molar-refractivity contribution in [1.29, 1.82) is 0 Å². The molecule has 0 bridgehead atoms. The van der Waals surface area contributed by atoms with Crippen LogP contribution < -0.4 is 0 Å². The molecule has 0 aromatic carbocycles. The van der Waals surface area contributed by atoms with Crippen molar-refractivity contribution < 1.29 is 0 Å². The van der Waals surface area contributed by atoms with Crippen LogP contribution in [0.15, 0.2) is 12.7 Å². The highest BCUT2D eigenvalue weighted by atomic mass is 14.2. The molecule has 0 rings (SSSR count). The Kier molecular flexibility index (Phi) is 11.0. The second kappa shape index (κ2) is 11.2. The Morgan fingerprint density at radius 2 is 1.50 bits per heavy atom. The maximum atomic E-state index is 3.86. The molecule has 0 spiro atoms. The van der Waals surface area contributed by atoms with E-state index in [9.17, 15) is 0 Å². The van der Waals surface area contributed by atoms with Crippen LogP contribution in [-0.2, 0) is 0 Å². The zero-order valence-corrected chi connectivity index (χ0v) is 11.8. The lowest BCUT2D eigenvalue weighted by molar-refractivity contribution is 0.348. The molecular weight excluding hydrogens is 192 g/mol. The molecule has 0 saturated carbocycles. The Hall–Kier alpha value is -0.260. The molecule has 0 aromatic rings. The summed E-state index contributed by atoms with van der Waals surface area (Å²) >= 11 is 0. The van der Waals surface area contributed by atoms with Crippen molar-refractivity contribution in [1.82, 2.24) is 0 Å². The van der Waals surface area contributed by atoms with Crippen LogP contribution in [0.4, 0.5) is 0 Å². The maximum Gasteiger partial charge on any atom is -0.0322 e. The number of unbranched alkanes of at least 4 members (excludes halogenated alkanes) is 6. The zero-order chi connectivity index (χ0) is 12.2. The highest BCUT2D eigenvalue weighted by Gasteiger charge is 2.10. The number of rotatable bonds is 11. The van der Waals surface area contributed by atoms with E-state index in [1.807, 2.05) is 0 Å². The van der Waals surface area contributed by atoms with Gasteiger partial charge in [-0.05, 0) is 24.7 Å². The molecule has 1 atom stereocenters. The molecule has 0 heterocycles. The number of hydrogen-bond acceptors (Lipinski definition) is 0. The van der Waals surface area contributed by atoms with Crippen molar-refractivity contribution in [3.8, 4) is 0 Å². The van der Waals surface area contributed by atoms with E-state index in [4.69, 9.17) is 0 Å². The summed E-state index contributed by atoms with van der Waals surface area (Å²) in [5, 5.41) is 0. The average molecular weight is 224 g/mol. The summed E-state index contributed by atoms with van der Waals surface area (Å²) in [7, 11) is 0. The van der Waals surface area contributed by atoms with E-state index in [1.165, 1.54) is 57.8 Å². The summed E-state index contributed by atoms with van der Waals surface area (Å²) in [6, 6.07) is 0. The van der Waals surface area contributed by atoms with Gasteiger partial charge >= 0.3 is 0 Å². The van der Waals surface area contributed by atoms with Crippen LogP contribution in [0.5, 0.6) is 0 Å². The van der Waals surface area contributed by atoms with E-state index in [0.29, 0.717) is 0 Å². The fourth-order valence-electron chi connectivity index (χ4n) is 2.30. The topological polar surface area (TPSA) is 0 Å². The van der Waals surface area contributed by atoms with Crippen molar-refractivity contribution in [3.63, 3.8) is 0 Å². The second-order valence-corrected chi connectivity index (χ2v) is 5.44. The summed E-state index contributed by atoms with van der Waals surface area (Å²) in [4.78, 5) is 0. The molecule has 1 unspecified atom stereocenters. The third-order valence-electron chi connectivity index (χ3n) is 3.59. The molecule has 96 valence electrons. The molecule has 0 aliphatic rings. The lowest BCUT2D eigenvalue weighted by Crippen LogP contribution is -2.07. The van der Waals surface area contributed by atoms with E-state index in [0.717, 1.165) is 11.8 Å². The molecule has 0 radical (unpaired) electrons. The third-order valence-corrected chi connectivity index (χ3v) is 3.59. The average Bonchev–Trinajstić information content (AvgIpc) is 2.26. The van der Waals surface area contributed by atoms with Crippen molar-refractivity contribution in [2.45, 2.75) is 78.6 Å². The van der Waals surface area contributed by atoms with Crippen LogP contribution in [0.1, 0.15) is 78.6 Å². The number of hydrogen-bond donors (Lipinski definition) is 0. The quantitative estimate of drug-likeness (QED) is 0.299. The monoisotopic (exact) mass is 224 g/mol. The predicted octanol–water partition coefficient (Wildman–Crippen LogP) is 5.98. The summed E-state index contributed by atoms with van der Waals surface area (Å²) < 4.78 is 0. The fourth-order valence-corrected chi connectivity index (χ4v) is 2.30. The van der Waals surface area contributed by atoms with Gasteiger partial charge in [-0.1, -0.05) is 71.8 Å². The van der Waals surface area contributed by atoms with E-state index < -0.39 is 0 Å². The molecule has 0 fully saturated rings. The van der Waals surface area contributed by atoms with Gasteiger partial charge in [-0.2, -0.15) is 0 Å². The highest BCUT2D eigenvalue weighted by molar-refractivity contribution is 4.75. The van der Waals surface area contributed by atoms with Crippen molar-refractivity contribution in [3.05, 3.63) is 12.7 Å². The third kappa shape index (κ3) is 9.00. The van der Waals surface area contributed by atoms with Crippen molar-refractivity contribution in [2.24, 2.45) is 11.8 Å². The van der Waals surface area contributed by atoms with Gasteiger partial charge in [0.15, 0.2) is 0 Å². The fraction of sp³-hybridized carbons (Fsp3) is 0.875. The smallest absolute Gasteiger partial charge is 0.0322 e. The molecule has 0 N–H and O–H groups in total. The summed E-state index contributed by atoms with van der Waals surface area (Å²) in [5.41, 5.74) is 0. The summed E-state index contributed by atoms with van der Waals surface area (Å²) in [6.07, 6.45) is 14.7. The molecule has 0 nitrogen and oxygen atoms in total. The van der Waals surface area contributed by atoms with Gasteiger partial charge in [0.25, 0.3) is 0 Å². The van der Waals surface area contributed by atoms with Gasteiger partial charge in [0.05, 0.1) is 0 Å². The minimum Gasteiger partial charge on any atom is -0.103 e. The van der Waals surface area contributed by atoms with Gasteiger partial charge in [0.2, 0.25) is 0 Å². The van der Waals surface area contributed by atoms with Gasteiger partial charge in [-0.3, -0.25) is 0 Å². The first-order valence-corrected chi connectivity index (χ1v) is 7.33. The van der Waals surface area contributed by atoms with Crippen LogP contribution >= 0.6 is 0 Å². The first-order valence-electron chi connectivity index (χ1n) is 7.33. The Labute approximate surface area is 104 Å². The van der Waals surface area contributed by atoms with Gasteiger partial charge in [-0.15, -0.1) is 6.58 Å². The zero-order valence-electron chi connectivity index (χ0n) is 11.8. The summed E-state index contributed by atoms with van der Waals surface area (Å²) in [6.45, 7) is 10.8. The van der Waals surface area contributed by atoms with Crippen molar-refractivity contribution in [2.75, 3.05) is 0 Å². The Balaban J connectivity index is 3.36. The van der Waals surface area contributed by atoms with E-state index in [1.54, 1.807) is 0 Å². The lowest BCUT2D eigenvalue weighted by Gasteiger charge is -2.18. The lowest BCUT2D eigenvalue weighted by atomic mass is 9.87. The van der Waals surface area contributed by atoms with Crippen LogP contribution in [0, 0.1) is 11.8 Å². The molecular formula is C16H32. The molecule has 0 aromatic heterocycles. The van der Waals surface area contributed by atoms with Crippen LogP contribution in [0.25, 0.3) is 0 Å². The molecule has 0 heteroatoms. The molecule has 0 aliphatic carbocycles. The first kappa shape index (κ1) is 15.7. The Bertz CT molecular complexity index is 146. The van der Waals surface area contributed by atoms with Crippen LogP contribution in [-0.4, -0.2) is 0 Å². The molecule has 0 amide bonds. The number of allylic oxidation sites excluding steroid dienone is 1. The molecule has 0 aliphatic heterocycles. The minimum atomic E-state index is 0.818. The van der Waals surface area contributed by atoms with E-state index >= 15 is 0 Å². The minimum absolute atomic E-state index is 0.818. The Morgan fingerprint density at radius 1 is 0.938 bits per heavy atom. The molecule has 16 heavy (non-hydrogen) atoms. The van der Waals surface area contributed by atoms with E-state index in [-0.39, 0.29) is 0 Å². The van der Waals surface area contributed by atoms with E-state index in [2.05, 4.69) is 33.4 Å². The van der Waals surface area contributed by atoms with Crippen molar-refractivity contribution >= 4 is 0 Å². The second-order valence-electron chi connectivity index (χ2n) is 5.44.